The maximum absolute atomic E-state index is 4.61. The first-order valence-corrected chi connectivity index (χ1v) is 7.44. The second-order valence-electron chi connectivity index (χ2n) is 4.74. The summed E-state index contributed by atoms with van der Waals surface area (Å²) in [7, 11) is 0. The van der Waals surface area contributed by atoms with Gasteiger partial charge < -0.3 is 10.6 Å². The first kappa shape index (κ1) is 15.1. The summed E-state index contributed by atoms with van der Waals surface area (Å²) in [6.07, 6.45) is 4.80. The van der Waals surface area contributed by atoms with Gasteiger partial charge in [0.25, 0.3) is 0 Å². The molecule has 0 aliphatic rings. The predicted molar refractivity (Wildman–Crippen MR) is 86.7 cm³/mol. The van der Waals surface area contributed by atoms with Crippen molar-refractivity contribution in [3.8, 4) is 5.69 Å². The molecule has 0 saturated carbocycles. The molecule has 2 aromatic rings. The highest BCUT2D eigenvalue weighted by molar-refractivity contribution is 5.79. The number of nitrogens with one attached hydrogen (secondary N) is 2. The number of aliphatic imine (C=N–C) groups is 1. The number of nitrogens with zero attached hydrogens (tertiary/aromatic N) is 3. The maximum atomic E-state index is 4.61. The van der Waals surface area contributed by atoms with Crippen molar-refractivity contribution in [1.29, 1.82) is 0 Å². The van der Waals surface area contributed by atoms with Gasteiger partial charge in [0, 0.05) is 25.5 Å². The molecule has 1 heterocycles. The van der Waals surface area contributed by atoms with E-state index in [2.05, 4.69) is 46.7 Å². The molecule has 112 valence electrons. The lowest BCUT2D eigenvalue weighted by atomic mass is 10.2. The van der Waals surface area contributed by atoms with Gasteiger partial charge in [-0.2, -0.15) is 5.10 Å². The topological polar surface area (TPSA) is 54.2 Å². The van der Waals surface area contributed by atoms with Gasteiger partial charge in [-0.05, 0) is 37.1 Å². The largest absolute Gasteiger partial charge is 0.357 e. The minimum absolute atomic E-state index is 0.647. The van der Waals surface area contributed by atoms with Crippen LogP contribution in [0.25, 0.3) is 5.69 Å². The van der Waals surface area contributed by atoms with Gasteiger partial charge in [0.1, 0.15) is 0 Å². The van der Waals surface area contributed by atoms with Gasteiger partial charge in [-0.25, -0.2) is 9.67 Å². The monoisotopic (exact) mass is 285 g/mol. The minimum atomic E-state index is 0.647. The molecule has 2 N–H and O–H groups in total. The Morgan fingerprint density at radius 2 is 2.14 bits per heavy atom. The summed E-state index contributed by atoms with van der Waals surface area (Å²) in [6, 6.07) is 10.2. The minimum Gasteiger partial charge on any atom is -0.357 e. The quantitative estimate of drug-likeness (QED) is 0.633. The smallest absolute Gasteiger partial charge is 0.191 e. The van der Waals surface area contributed by atoms with Crippen LogP contribution in [-0.2, 0) is 6.54 Å². The Morgan fingerprint density at radius 3 is 2.86 bits per heavy atom. The van der Waals surface area contributed by atoms with E-state index in [0.29, 0.717) is 6.54 Å². The first-order chi connectivity index (χ1) is 10.3. The Hall–Kier alpha value is -2.30. The van der Waals surface area contributed by atoms with E-state index >= 15 is 0 Å². The normalized spacial score (nSPS) is 11.4. The molecule has 0 bridgehead atoms. The van der Waals surface area contributed by atoms with Crippen LogP contribution in [0.1, 0.15) is 25.8 Å². The molecule has 5 heteroatoms. The van der Waals surface area contributed by atoms with Crippen LogP contribution >= 0.6 is 0 Å². The van der Waals surface area contributed by atoms with Crippen LogP contribution in [0.15, 0.2) is 47.7 Å². The third-order valence-electron chi connectivity index (χ3n) is 2.99. The Bertz CT molecular complexity index is 560. The van der Waals surface area contributed by atoms with Crippen LogP contribution in [0.2, 0.25) is 0 Å². The first-order valence-electron chi connectivity index (χ1n) is 7.44. The lowest BCUT2D eigenvalue weighted by Gasteiger charge is -2.10. The fourth-order valence-corrected chi connectivity index (χ4v) is 1.97. The van der Waals surface area contributed by atoms with Crippen LogP contribution in [-0.4, -0.2) is 28.8 Å². The second-order valence-corrected chi connectivity index (χ2v) is 4.74. The van der Waals surface area contributed by atoms with Crippen molar-refractivity contribution in [3.63, 3.8) is 0 Å². The van der Waals surface area contributed by atoms with Crippen LogP contribution in [0.4, 0.5) is 0 Å². The molecule has 0 unspecified atom stereocenters. The zero-order valence-corrected chi connectivity index (χ0v) is 12.7. The molecule has 0 atom stereocenters. The molecular weight excluding hydrogens is 262 g/mol. The lowest BCUT2D eigenvalue weighted by molar-refractivity contribution is 0.785. The van der Waals surface area contributed by atoms with E-state index in [9.17, 15) is 0 Å². The summed E-state index contributed by atoms with van der Waals surface area (Å²) in [4.78, 5) is 4.61. The van der Waals surface area contributed by atoms with Crippen LogP contribution in [0.5, 0.6) is 0 Å². The molecule has 1 aromatic heterocycles. The predicted octanol–water partition coefficient (Wildman–Crippen LogP) is 2.34. The van der Waals surface area contributed by atoms with Crippen molar-refractivity contribution < 1.29 is 0 Å². The number of rotatable bonds is 6. The van der Waals surface area contributed by atoms with Crippen LogP contribution in [0.3, 0.4) is 0 Å². The standard InChI is InChI=1S/C16H23N5/c1-3-9-18-16(17-4-2)19-13-14-7-5-8-15(12-14)21-11-6-10-20-21/h5-8,10-12H,3-4,9,13H2,1-2H3,(H2,17,18,19). The fourth-order valence-electron chi connectivity index (χ4n) is 1.97. The Kier molecular flexibility index (Phi) is 5.82. The summed E-state index contributed by atoms with van der Waals surface area (Å²) in [5, 5.41) is 10.8. The van der Waals surface area contributed by atoms with Crippen LogP contribution < -0.4 is 10.6 Å². The Morgan fingerprint density at radius 1 is 1.24 bits per heavy atom. The van der Waals surface area contributed by atoms with E-state index in [4.69, 9.17) is 0 Å². The van der Waals surface area contributed by atoms with Crippen molar-refractivity contribution >= 4 is 5.96 Å². The average molecular weight is 285 g/mol. The van der Waals surface area contributed by atoms with Gasteiger partial charge in [-0.3, -0.25) is 0 Å². The zero-order valence-electron chi connectivity index (χ0n) is 12.7. The highest BCUT2D eigenvalue weighted by atomic mass is 15.3. The summed E-state index contributed by atoms with van der Waals surface area (Å²) in [6.45, 7) is 6.65. The summed E-state index contributed by atoms with van der Waals surface area (Å²) >= 11 is 0. The molecule has 0 aliphatic carbocycles. The van der Waals surface area contributed by atoms with Gasteiger partial charge >= 0.3 is 0 Å². The molecule has 21 heavy (non-hydrogen) atoms. The van der Waals surface area contributed by atoms with Crippen LogP contribution in [0, 0.1) is 0 Å². The fraction of sp³-hybridized carbons (Fsp3) is 0.375. The van der Waals surface area contributed by atoms with E-state index < -0.39 is 0 Å². The van der Waals surface area contributed by atoms with Crippen molar-refractivity contribution in [2.45, 2.75) is 26.8 Å². The lowest BCUT2D eigenvalue weighted by Crippen LogP contribution is -2.37. The maximum Gasteiger partial charge on any atom is 0.191 e. The molecule has 0 aliphatic heterocycles. The third kappa shape index (κ3) is 4.63. The Labute approximate surface area is 126 Å². The molecule has 0 amide bonds. The second kappa shape index (κ2) is 8.09. The van der Waals surface area contributed by atoms with E-state index in [0.717, 1.165) is 36.7 Å². The molecule has 0 spiro atoms. The van der Waals surface area contributed by atoms with Crippen molar-refractivity contribution in [2.24, 2.45) is 4.99 Å². The van der Waals surface area contributed by atoms with Crippen molar-refractivity contribution in [3.05, 3.63) is 48.3 Å². The number of aromatic nitrogens is 2. The number of guanidine groups is 1. The Balaban J connectivity index is 2.06. The highest BCUT2D eigenvalue weighted by Gasteiger charge is 1.99. The molecule has 0 saturated heterocycles. The highest BCUT2D eigenvalue weighted by Crippen LogP contribution is 2.10. The average Bonchev–Trinajstić information content (AvgIpc) is 3.05. The van der Waals surface area contributed by atoms with E-state index in [1.807, 2.05) is 29.1 Å². The van der Waals surface area contributed by atoms with Gasteiger partial charge in [0.05, 0.1) is 12.2 Å². The molecule has 5 nitrogen and oxygen atoms in total. The molecule has 0 fully saturated rings. The van der Waals surface area contributed by atoms with Gasteiger partial charge in [-0.1, -0.05) is 19.1 Å². The molecular formula is C16H23N5. The van der Waals surface area contributed by atoms with E-state index in [1.165, 1.54) is 0 Å². The van der Waals surface area contributed by atoms with Crippen molar-refractivity contribution in [2.75, 3.05) is 13.1 Å². The summed E-state index contributed by atoms with van der Waals surface area (Å²) in [5.74, 6) is 0.865. The van der Waals surface area contributed by atoms with Gasteiger partial charge in [-0.15, -0.1) is 0 Å². The molecule has 0 radical (unpaired) electrons. The third-order valence-corrected chi connectivity index (χ3v) is 2.99. The number of benzene rings is 1. The number of hydrogen-bond donors (Lipinski definition) is 2. The SMILES string of the molecule is CCCNC(=NCc1cccc(-n2cccn2)c1)NCC. The van der Waals surface area contributed by atoms with Gasteiger partial charge in [0.2, 0.25) is 0 Å². The van der Waals surface area contributed by atoms with Crippen molar-refractivity contribution in [1.82, 2.24) is 20.4 Å². The zero-order chi connectivity index (χ0) is 14.9. The molecule has 1 aromatic carbocycles. The summed E-state index contributed by atoms with van der Waals surface area (Å²) < 4.78 is 1.85. The summed E-state index contributed by atoms with van der Waals surface area (Å²) in [5.41, 5.74) is 2.22. The number of hydrogen-bond acceptors (Lipinski definition) is 2. The van der Waals surface area contributed by atoms with E-state index in [-0.39, 0.29) is 0 Å². The van der Waals surface area contributed by atoms with Gasteiger partial charge in [0.15, 0.2) is 5.96 Å². The molecule has 2 rings (SSSR count). The van der Waals surface area contributed by atoms with E-state index in [1.54, 1.807) is 6.20 Å².